The summed E-state index contributed by atoms with van der Waals surface area (Å²) in [5.74, 6) is -2.63. The van der Waals surface area contributed by atoms with E-state index in [9.17, 15) is 24.0 Å². The fraction of sp³-hybridized carbons (Fsp3) is 0.421. The second kappa shape index (κ2) is 8.29. The van der Waals surface area contributed by atoms with Crippen molar-refractivity contribution in [3.8, 4) is 0 Å². The van der Waals surface area contributed by atoms with Gasteiger partial charge in [0.05, 0.1) is 0 Å². The normalized spacial score (nSPS) is 18.3. The van der Waals surface area contributed by atoms with E-state index in [1.54, 1.807) is 30.3 Å². The molecule has 2 fully saturated rings. The Morgan fingerprint density at radius 2 is 1.79 bits per heavy atom. The van der Waals surface area contributed by atoms with Crippen molar-refractivity contribution in [1.82, 2.24) is 21.1 Å². The number of benzene rings is 1. The number of carbonyl (C=O) groups excluding carboxylic acids is 5. The predicted octanol–water partition coefficient (Wildman–Crippen LogP) is 0.244. The largest absolute Gasteiger partial charge is 0.451 e. The lowest BCUT2D eigenvalue weighted by molar-refractivity contribution is -0.156. The highest BCUT2D eigenvalue weighted by molar-refractivity contribution is 6.09. The van der Waals surface area contributed by atoms with Crippen molar-refractivity contribution in [3.63, 3.8) is 0 Å². The molecule has 3 rings (SSSR count). The molecular formula is C19H22N4O6. The molecule has 0 radical (unpaired) electrons. The van der Waals surface area contributed by atoms with Crippen molar-refractivity contribution >= 4 is 29.7 Å². The molecule has 154 valence electrons. The molecule has 1 aromatic rings. The average Bonchev–Trinajstić information content (AvgIpc) is 3.27. The summed E-state index contributed by atoms with van der Waals surface area (Å²) in [5, 5.41) is 2.66. The van der Waals surface area contributed by atoms with E-state index in [4.69, 9.17) is 4.74 Å². The van der Waals surface area contributed by atoms with Gasteiger partial charge in [-0.2, -0.15) is 0 Å². The van der Waals surface area contributed by atoms with E-state index in [1.165, 1.54) is 6.92 Å². The maximum atomic E-state index is 12.5. The predicted molar refractivity (Wildman–Crippen MR) is 99.0 cm³/mol. The van der Waals surface area contributed by atoms with Gasteiger partial charge in [0.25, 0.3) is 17.7 Å². The summed E-state index contributed by atoms with van der Waals surface area (Å²) < 4.78 is 4.98. The van der Waals surface area contributed by atoms with Gasteiger partial charge in [0.2, 0.25) is 0 Å². The van der Waals surface area contributed by atoms with Crippen LogP contribution < -0.4 is 16.2 Å². The SMILES string of the molecule is C[C@H](OC(=O)CN1C(=O)NC2(CCCC2)C1=O)C(=O)NNC(=O)c1ccccc1. The molecule has 5 amide bonds. The molecule has 0 bridgehead atoms. The van der Waals surface area contributed by atoms with Crippen LogP contribution >= 0.6 is 0 Å². The van der Waals surface area contributed by atoms with Gasteiger partial charge in [-0.3, -0.25) is 34.9 Å². The van der Waals surface area contributed by atoms with Crippen LogP contribution in [0.3, 0.4) is 0 Å². The highest BCUT2D eigenvalue weighted by Crippen LogP contribution is 2.34. The van der Waals surface area contributed by atoms with Crippen molar-refractivity contribution in [2.45, 2.75) is 44.2 Å². The number of hydrogen-bond acceptors (Lipinski definition) is 6. The minimum atomic E-state index is -1.24. The van der Waals surface area contributed by atoms with Gasteiger partial charge >= 0.3 is 12.0 Å². The standard InChI is InChI=1S/C19H22N4O6/c1-12(15(25)21-22-16(26)13-7-3-2-4-8-13)29-14(24)11-23-17(27)19(20-18(23)28)9-5-6-10-19/h2-4,7-8,12H,5-6,9-11H2,1H3,(H,20,28)(H,21,25)(H,22,26)/t12-/m0/s1. The van der Waals surface area contributed by atoms with E-state index in [-0.39, 0.29) is 0 Å². The number of imide groups is 1. The Hall–Kier alpha value is -3.43. The van der Waals surface area contributed by atoms with Gasteiger partial charge in [-0.1, -0.05) is 31.0 Å². The number of rotatable bonds is 5. The van der Waals surface area contributed by atoms with Gasteiger partial charge in [-0.05, 0) is 31.9 Å². The molecule has 1 saturated carbocycles. The third-order valence-corrected chi connectivity index (χ3v) is 5.00. The average molecular weight is 402 g/mol. The quantitative estimate of drug-likeness (QED) is 0.367. The Morgan fingerprint density at radius 3 is 2.45 bits per heavy atom. The third kappa shape index (κ3) is 4.36. The molecule has 10 nitrogen and oxygen atoms in total. The molecule has 1 atom stereocenters. The highest BCUT2D eigenvalue weighted by atomic mass is 16.5. The van der Waals surface area contributed by atoms with Gasteiger partial charge < -0.3 is 10.1 Å². The lowest BCUT2D eigenvalue weighted by atomic mass is 9.98. The Morgan fingerprint density at radius 1 is 1.14 bits per heavy atom. The monoisotopic (exact) mass is 402 g/mol. The number of carbonyl (C=O) groups is 5. The van der Waals surface area contributed by atoms with Crippen LogP contribution in [0.2, 0.25) is 0 Å². The van der Waals surface area contributed by atoms with E-state index in [0.717, 1.165) is 17.7 Å². The number of hydrazine groups is 1. The smallest absolute Gasteiger partial charge is 0.327 e. The number of amides is 5. The van der Waals surface area contributed by atoms with Gasteiger partial charge in [-0.25, -0.2) is 4.79 Å². The molecule has 2 aliphatic rings. The molecule has 1 heterocycles. The summed E-state index contributed by atoms with van der Waals surface area (Å²) in [6.45, 7) is 0.729. The number of ether oxygens (including phenoxy) is 1. The minimum Gasteiger partial charge on any atom is -0.451 e. The van der Waals surface area contributed by atoms with Crippen LogP contribution in [0.4, 0.5) is 4.79 Å². The van der Waals surface area contributed by atoms with Crippen molar-refractivity contribution in [1.29, 1.82) is 0 Å². The Bertz CT molecular complexity index is 834. The van der Waals surface area contributed by atoms with Gasteiger partial charge in [0, 0.05) is 5.56 Å². The van der Waals surface area contributed by atoms with E-state index >= 15 is 0 Å². The Labute approximate surface area is 166 Å². The van der Waals surface area contributed by atoms with Crippen molar-refractivity contribution in [2.24, 2.45) is 0 Å². The zero-order valence-electron chi connectivity index (χ0n) is 15.9. The molecule has 1 aromatic carbocycles. The van der Waals surface area contributed by atoms with Crippen molar-refractivity contribution in [3.05, 3.63) is 35.9 Å². The number of esters is 1. The summed E-state index contributed by atoms with van der Waals surface area (Å²) in [7, 11) is 0. The van der Waals surface area contributed by atoms with Gasteiger partial charge in [-0.15, -0.1) is 0 Å². The van der Waals surface area contributed by atoms with Crippen LogP contribution in [0.15, 0.2) is 30.3 Å². The van der Waals surface area contributed by atoms with Crippen LogP contribution in [-0.2, 0) is 19.1 Å². The molecular weight excluding hydrogens is 380 g/mol. The molecule has 1 aliphatic carbocycles. The first-order valence-electron chi connectivity index (χ1n) is 9.31. The van der Waals surface area contributed by atoms with Crippen molar-refractivity contribution in [2.75, 3.05) is 6.54 Å². The second-order valence-corrected chi connectivity index (χ2v) is 7.05. The van der Waals surface area contributed by atoms with Crippen LogP contribution in [0.25, 0.3) is 0 Å². The summed E-state index contributed by atoms with van der Waals surface area (Å²) in [6, 6.07) is 7.59. The van der Waals surface area contributed by atoms with Crippen molar-refractivity contribution < 1.29 is 28.7 Å². The third-order valence-electron chi connectivity index (χ3n) is 5.00. The summed E-state index contributed by atoms with van der Waals surface area (Å²) in [6.07, 6.45) is 1.51. The summed E-state index contributed by atoms with van der Waals surface area (Å²) in [4.78, 5) is 61.4. The zero-order valence-corrected chi connectivity index (χ0v) is 15.9. The van der Waals surface area contributed by atoms with E-state index in [2.05, 4.69) is 16.2 Å². The molecule has 0 aromatic heterocycles. The first kappa shape index (κ1) is 20.3. The van der Waals surface area contributed by atoms with Crippen LogP contribution in [0.5, 0.6) is 0 Å². The number of urea groups is 1. The first-order chi connectivity index (χ1) is 13.8. The topological polar surface area (TPSA) is 134 Å². The maximum Gasteiger partial charge on any atom is 0.327 e. The molecule has 1 aliphatic heterocycles. The van der Waals surface area contributed by atoms with E-state index in [0.29, 0.717) is 18.4 Å². The maximum absolute atomic E-state index is 12.5. The van der Waals surface area contributed by atoms with Gasteiger partial charge in [0.15, 0.2) is 6.10 Å². The van der Waals surface area contributed by atoms with Crippen LogP contribution in [0.1, 0.15) is 43.0 Å². The summed E-state index contributed by atoms with van der Waals surface area (Å²) in [5.41, 5.74) is 3.81. The minimum absolute atomic E-state index is 0.344. The van der Waals surface area contributed by atoms with Crippen LogP contribution in [-0.4, -0.2) is 52.8 Å². The summed E-state index contributed by atoms with van der Waals surface area (Å²) >= 11 is 0. The number of hydrogen-bond donors (Lipinski definition) is 3. The first-order valence-corrected chi connectivity index (χ1v) is 9.31. The zero-order chi connectivity index (χ0) is 21.0. The fourth-order valence-corrected chi connectivity index (χ4v) is 3.44. The van der Waals surface area contributed by atoms with E-state index in [1.807, 2.05) is 0 Å². The lowest BCUT2D eigenvalue weighted by Crippen LogP contribution is -2.47. The molecule has 0 unspecified atom stereocenters. The number of nitrogens with zero attached hydrogens (tertiary/aromatic N) is 1. The lowest BCUT2D eigenvalue weighted by Gasteiger charge is -2.20. The Kier molecular flexibility index (Phi) is 5.81. The molecule has 10 heteroatoms. The molecule has 3 N–H and O–H groups in total. The fourth-order valence-electron chi connectivity index (χ4n) is 3.44. The van der Waals surface area contributed by atoms with Gasteiger partial charge in [0.1, 0.15) is 12.1 Å². The van der Waals surface area contributed by atoms with E-state index < -0.39 is 47.9 Å². The highest BCUT2D eigenvalue weighted by Gasteiger charge is 2.52. The molecule has 1 saturated heterocycles. The Balaban J connectivity index is 1.47. The molecule has 1 spiro atoms. The second-order valence-electron chi connectivity index (χ2n) is 7.05. The number of nitrogens with one attached hydrogen (secondary N) is 3. The van der Waals surface area contributed by atoms with Crippen LogP contribution in [0, 0.1) is 0 Å². The molecule has 29 heavy (non-hydrogen) atoms.